The van der Waals surface area contributed by atoms with Gasteiger partial charge in [-0.05, 0) is 18.6 Å². The normalized spacial score (nSPS) is 11.2. The highest BCUT2D eigenvalue weighted by molar-refractivity contribution is 5.92. The van der Waals surface area contributed by atoms with Gasteiger partial charge in [0.1, 0.15) is 0 Å². The summed E-state index contributed by atoms with van der Waals surface area (Å²) in [6, 6.07) is 6.05. The maximum atomic E-state index is 10.8. The summed E-state index contributed by atoms with van der Waals surface area (Å²) in [6.45, 7) is 1.69. The fourth-order valence-electron chi connectivity index (χ4n) is 1.28. The Bertz CT molecular complexity index is 451. The van der Waals surface area contributed by atoms with Gasteiger partial charge in [-0.2, -0.15) is 0 Å². The van der Waals surface area contributed by atoms with E-state index in [1.807, 2.05) is 0 Å². The number of aliphatic carboxylic acids is 1. The Labute approximate surface area is 92.2 Å². The van der Waals surface area contributed by atoms with Crippen molar-refractivity contribution in [3.8, 4) is 0 Å². The Balaban J connectivity index is 3.23. The van der Waals surface area contributed by atoms with Crippen molar-refractivity contribution >= 4 is 17.7 Å². The molecule has 0 bridgehead atoms. The summed E-state index contributed by atoms with van der Waals surface area (Å²) in [5.41, 5.74) is 0.371. The van der Waals surface area contributed by atoms with E-state index in [0.29, 0.717) is 12.0 Å². The van der Waals surface area contributed by atoms with E-state index in [2.05, 4.69) is 0 Å². The van der Waals surface area contributed by atoms with Gasteiger partial charge in [0.2, 0.25) is 0 Å². The van der Waals surface area contributed by atoms with E-state index >= 15 is 0 Å². The van der Waals surface area contributed by atoms with Gasteiger partial charge in [0.15, 0.2) is 0 Å². The lowest BCUT2D eigenvalue weighted by Crippen LogP contribution is -1.99. The molecule has 84 valence electrons. The molecule has 0 aliphatic rings. The van der Waals surface area contributed by atoms with Crippen LogP contribution in [0.1, 0.15) is 18.9 Å². The van der Waals surface area contributed by atoms with Crippen molar-refractivity contribution in [1.29, 1.82) is 0 Å². The van der Waals surface area contributed by atoms with Crippen LogP contribution < -0.4 is 0 Å². The summed E-state index contributed by atoms with van der Waals surface area (Å²) in [5, 5.41) is 19.5. The lowest BCUT2D eigenvalue weighted by molar-refractivity contribution is -0.385. The highest BCUT2D eigenvalue weighted by Gasteiger charge is 2.12. The van der Waals surface area contributed by atoms with Crippen molar-refractivity contribution in [2.24, 2.45) is 0 Å². The first kappa shape index (κ1) is 11.9. The van der Waals surface area contributed by atoms with Crippen molar-refractivity contribution < 1.29 is 14.8 Å². The van der Waals surface area contributed by atoms with E-state index in [1.165, 1.54) is 18.2 Å². The SMILES string of the molecule is CC/C(=C\c1ccccc1[N+](=O)[O-])C(=O)O. The van der Waals surface area contributed by atoms with Crippen LogP contribution in [0.15, 0.2) is 29.8 Å². The number of carboxylic acids is 1. The van der Waals surface area contributed by atoms with Crippen LogP contribution in [-0.2, 0) is 4.79 Å². The topological polar surface area (TPSA) is 80.4 Å². The van der Waals surface area contributed by atoms with Crippen LogP contribution in [-0.4, -0.2) is 16.0 Å². The molecule has 0 aromatic heterocycles. The van der Waals surface area contributed by atoms with Crippen molar-refractivity contribution in [1.82, 2.24) is 0 Å². The Morgan fingerprint density at radius 1 is 1.50 bits per heavy atom. The zero-order valence-electron chi connectivity index (χ0n) is 8.71. The largest absolute Gasteiger partial charge is 0.478 e. The Morgan fingerprint density at radius 2 is 2.12 bits per heavy atom. The molecule has 0 saturated heterocycles. The summed E-state index contributed by atoms with van der Waals surface area (Å²) in [5.74, 6) is -1.05. The summed E-state index contributed by atoms with van der Waals surface area (Å²) in [4.78, 5) is 20.9. The number of hydrogen-bond donors (Lipinski definition) is 1. The minimum absolute atomic E-state index is 0.0882. The van der Waals surface area contributed by atoms with Crippen molar-refractivity contribution in [2.75, 3.05) is 0 Å². The van der Waals surface area contributed by atoms with Crippen molar-refractivity contribution in [2.45, 2.75) is 13.3 Å². The quantitative estimate of drug-likeness (QED) is 0.481. The summed E-state index contributed by atoms with van der Waals surface area (Å²) >= 11 is 0. The molecule has 5 nitrogen and oxygen atoms in total. The molecule has 5 heteroatoms. The second-order valence-corrected chi connectivity index (χ2v) is 3.14. The number of carbonyl (C=O) groups is 1. The number of rotatable bonds is 4. The molecule has 0 heterocycles. The number of hydrogen-bond acceptors (Lipinski definition) is 3. The molecule has 0 aliphatic carbocycles. The van der Waals surface area contributed by atoms with E-state index in [1.54, 1.807) is 19.1 Å². The predicted molar refractivity (Wildman–Crippen MR) is 59.0 cm³/mol. The molecule has 1 aromatic rings. The first-order valence-electron chi connectivity index (χ1n) is 4.73. The number of nitro groups is 1. The Morgan fingerprint density at radius 3 is 2.62 bits per heavy atom. The van der Waals surface area contributed by atoms with Crippen LogP contribution in [0.5, 0.6) is 0 Å². The molecule has 0 spiro atoms. The number of nitrogens with zero attached hydrogens (tertiary/aromatic N) is 1. The minimum Gasteiger partial charge on any atom is -0.478 e. The molecule has 0 amide bonds. The lowest BCUT2D eigenvalue weighted by Gasteiger charge is -1.99. The highest BCUT2D eigenvalue weighted by Crippen LogP contribution is 2.21. The van der Waals surface area contributed by atoms with E-state index in [0.717, 1.165) is 0 Å². The van der Waals surface area contributed by atoms with Crippen LogP contribution >= 0.6 is 0 Å². The molecular weight excluding hydrogens is 210 g/mol. The van der Waals surface area contributed by atoms with E-state index in [9.17, 15) is 14.9 Å². The average molecular weight is 221 g/mol. The molecule has 1 rings (SSSR count). The molecule has 0 fully saturated rings. The third-order valence-electron chi connectivity index (χ3n) is 2.12. The van der Waals surface area contributed by atoms with Crippen LogP contribution in [0.3, 0.4) is 0 Å². The molecule has 0 unspecified atom stereocenters. The number of benzene rings is 1. The second-order valence-electron chi connectivity index (χ2n) is 3.14. The maximum Gasteiger partial charge on any atom is 0.331 e. The Kier molecular flexibility index (Phi) is 3.77. The molecule has 1 aromatic carbocycles. The zero-order valence-corrected chi connectivity index (χ0v) is 8.71. The Hall–Kier alpha value is -2.17. The molecule has 0 saturated carbocycles. The van der Waals surface area contributed by atoms with Crippen molar-refractivity contribution in [3.05, 3.63) is 45.5 Å². The fraction of sp³-hybridized carbons (Fsp3) is 0.182. The average Bonchev–Trinajstić information content (AvgIpc) is 2.25. The van der Waals surface area contributed by atoms with Gasteiger partial charge in [0.05, 0.1) is 10.5 Å². The van der Waals surface area contributed by atoms with Gasteiger partial charge in [0.25, 0.3) is 5.69 Å². The monoisotopic (exact) mass is 221 g/mol. The summed E-state index contributed by atoms with van der Waals surface area (Å²) < 4.78 is 0. The summed E-state index contributed by atoms with van der Waals surface area (Å²) in [6.07, 6.45) is 1.65. The van der Waals surface area contributed by atoms with E-state index < -0.39 is 10.9 Å². The van der Waals surface area contributed by atoms with Gasteiger partial charge < -0.3 is 5.11 Å². The van der Waals surface area contributed by atoms with E-state index in [-0.39, 0.29) is 11.3 Å². The molecule has 0 aliphatic heterocycles. The minimum atomic E-state index is -1.05. The molecule has 1 N–H and O–H groups in total. The first-order chi connectivity index (χ1) is 7.56. The van der Waals surface area contributed by atoms with Crippen LogP contribution in [0.25, 0.3) is 6.08 Å². The number of para-hydroxylation sites is 1. The number of nitro benzene ring substituents is 1. The lowest BCUT2D eigenvalue weighted by atomic mass is 10.1. The van der Waals surface area contributed by atoms with Gasteiger partial charge in [-0.25, -0.2) is 4.79 Å². The summed E-state index contributed by atoms with van der Waals surface area (Å²) in [7, 11) is 0. The van der Waals surface area contributed by atoms with Crippen LogP contribution in [0.4, 0.5) is 5.69 Å². The molecular formula is C11H11NO4. The van der Waals surface area contributed by atoms with Gasteiger partial charge in [-0.3, -0.25) is 10.1 Å². The zero-order chi connectivity index (χ0) is 12.1. The standard InChI is InChI=1S/C11H11NO4/c1-2-8(11(13)14)7-9-5-3-4-6-10(9)12(15)16/h3-7H,2H2,1H3,(H,13,14)/b8-7+. The highest BCUT2D eigenvalue weighted by atomic mass is 16.6. The third-order valence-corrected chi connectivity index (χ3v) is 2.12. The van der Waals surface area contributed by atoms with Gasteiger partial charge in [-0.1, -0.05) is 19.1 Å². The molecule has 0 atom stereocenters. The van der Waals surface area contributed by atoms with Gasteiger partial charge >= 0.3 is 5.97 Å². The number of carboxylic acid groups (broad SMARTS) is 1. The predicted octanol–water partition coefficient (Wildman–Crippen LogP) is 2.47. The fourth-order valence-corrected chi connectivity index (χ4v) is 1.28. The first-order valence-corrected chi connectivity index (χ1v) is 4.73. The second kappa shape index (κ2) is 5.06. The smallest absolute Gasteiger partial charge is 0.331 e. The van der Waals surface area contributed by atoms with Gasteiger partial charge in [-0.15, -0.1) is 0 Å². The van der Waals surface area contributed by atoms with Crippen molar-refractivity contribution in [3.63, 3.8) is 0 Å². The maximum absolute atomic E-state index is 10.8. The molecule has 0 radical (unpaired) electrons. The van der Waals surface area contributed by atoms with E-state index in [4.69, 9.17) is 5.11 Å². The van der Waals surface area contributed by atoms with Crippen LogP contribution in [0.2, 0.25) is 0 Å². The van der Waals surface area contributed by atoms with Gasteiger partial charge in [0, 0.05) is 11.6 Å². The van der Waals surface area contributed by atoms with Crippen LogP contribution in [0, 0.1) is 10.1 Å². The molecule has 16 heavy (non-hydrogen) atoms. The third kappa shape index (κ3) is 2.66.